The van der Waals surface area contributed by atoms with Crippen molar-refractivity contribution in [3.05, 3.63) is 18.2 Å². The van der Waals surface area contributed by atoms with Gasteiger partial charge in [0.1, 0.15) is 5.82 Å². The molecule has 62 valence electrons. The van der Waals surface area contributed by atoms with Crippen LogP contribution < -0.4 is 5.48 Å². The number of nitrogens with zero attached hydrogens (tertiary/aromatic N) is 2. The van der Waals surface area contributed by atoms with Crippen LogP contribution in [0.1, 0.15) is 18.8 Å². The van der Waals surface area contributed by atoms with E-state index in [2.05, 4.69) is 10.5 Å². The van der Waals surface area contributed by atoms with Crippen molar-refractivity contribution in [2.45, 2.75) is 13.0 Å². The summed E-state index contributed by atoms with van der Waals surface area (Å²) in [6, 6.07) is 0.125. The number of rotatable bonds is 3. The first kappa shape index (κ1) is 8.23. The molecule has 4 heteroatoms. The molecular weight excluding hydrogens is 142 g/mol. The van der Waals surface area contributed by atoms with Crippen LogP contribution in [-0.2, 0) is 11.9 Å². The van der Waals surface area contributed by atoms with Crippen molar-refractivity contribution in [2.75, 3.05) is 7.11 Å². The number of aryl methyl sites for hydroxylation is 1. The lowest BCUT2D eigenvalue weighted by Gasteiger charge is -2.10. The van der Waals surface area contributed by atoms with Crippen LogP contribution >= 0.6 is 0 Å². The van der Waals surface area contributed by atoms with Crippen LogP contribution in [0.3, 0.4) is 0 Å². The molecule has 0 saturated heterocycles. The Labute approximate surface area is 66.1 Å². The van der Waals surface area contributed by atoms with Gasteiger partial charge in [-0.15, -0.1) is 0 Å². The fourth-order valence-corrected chi connectivity index (χ4v) is 1.02. The highest BCUT2D eigenvalue weighted by atomic mass is 16.6. The normalized spacial score (nSPS) is 13.4. The molecule has 1 atom stereocenters. The lowest BCUT2D eigenvalue weighted by Crippen LogP contribution is -2.19. The van der Waals surface area contributed by atoms with Gasteiger partial charge in [-0.3, -0.25) is 0 Å². The SMILES string of the molecule is CONC(C)c1nccn1C. The minimum absolute atomic E-state index is 0.125. The van der Waals surface area contributed by atoms with Crippen LogP contribution in [0.15, 0.2) is 12.4 Å². The third-order valence-electron chi connectivity index (χ3n) is 1.54. The zero-order valence-corrected chi connectivity index (χ0v) is 7.03. The van der Waals surface area contributed by atoms with Gasteiger partial charge in [-0.1, -0.05) is 0 Å². The van der Waals surface area contributed by atoms with Gasteiger partial charge in [0.2, 0.25) is 0 Å². The molecular formula is C7H13N3O. The highest BCUT2D eigenvalue weighted by Crippen LogP contribution is 2.06. The first-order valence-electron chi connectivity index (χ1n) is 3.51. The van der Waals surface area contributed by atoms with E-state index in [9.17, 15) is 0 Å². The van der Waals surface area contributed by atoms with Gasteiger partial charge in [-0.05, 0) is 6.92 Å². The summed E-state index contributed by atoms with van der Waals surface area (Å²) in [5.41, 5.74) is 2.81. The second-order valence-electron chi connectivity index (χ2n) is 2.44. The fourth-order valence-electron chi connectivity index (χ4n) is 1.02. The van der Waals surface area contributed by atoms with Gasteiger partial charge in [-0.25, -0.2) is 4.98 Å². The van der Waals surface area contributed by atoms with Crippen LogP contribution in [0, 0.1) is 0 Å². The molecule has 0 aromatic carbocycles. The minimum atomic E-state index is 0.125. The third-order valence-corrected chi connectivity index (χ3v) is 1.54. The summed E-state index contributed by atoms with van der Waals surface area (Å²) < 4.78 is 1.96. The van der Waals surface area contributed by atoms with Crippen LogP contribution in [-0.4, -0.2) is 16.7 Å². The maximum absolute atomic E-state index is 4.78. The van der Waals surface area contributed by atoms with Crippen LogP contribution in [0.2, 0.25) is 0 Å². The molecule has 0 spiro atoms. The molecule has 0 aliphatic rings. The lowest BCUT2D eigenvalue weighted by molar-refractivity contribution is 0.0626. The molecule has 0 amide bonds. The second kappa shape index (κ2) is 3.50. The molecule has 0 aliphatic carbocycles. The molecule has 1 aromatic heterocycles. The van der Waals surface area contributed by atoms with Gasteiger partial charge in [0, 0.05) is 19.4 Å². The van der Waals surface area contributed by atoms with E-state index < -0.39 is 0 Å². The quantitative estimate of drug-likeness (QED) is 0.651. The van der Waals surface area contributed by atoms with Crippen molar-refractivity contribution in [1.82, 2.24) is 15.0 Å². The first-order valence-corrected chi connectivity index (χ1v) is 3.51. The predicted octanol–water partition coefficient (Wildman–Crippen LogP) is 0.632. The van der Waals surface area contributed by atoms with Gasteiger partial charge in [-0.2, -0.15) is 5.48 Å². The zero-order valence-electron chi connectivity index (χ0n) is 7.03. The average molecular weight is 155 g/mol. The van der Waals surface area contributed by atoms with E-state index >= 15 is 0 Å². The molecule has 4 nitrogen and oxygen atoms in total. The summed E-state index contributed by atoms with van der Waals surface area (Å²) in [6.45, 7) is 1.99. The molecule has 11 heavy (non-hydrogen) atoms. The number of aromatic nitrogens is 2. The Balaban J connectivity index is 2.67. The fraction of sp³-hybridized carbons (Fsp3) is 0.571. The van der Waals surface area contributed by atoms with E-state index in [1.165, 1.54) is 0 Å². The van der Waals surface area contributed by atoms with Crippen molar-refractivity contribution in [3.8, 4) is 0 Å². The van der Waals surface area contributed by atoms with E-state index in [0.717, 1.165) is 5.82 Å². The predicted molar refractivity (Wildman–Crippen MR) is 41.8 cm³/mol. The molecule has 0 radical (unpaired) electrons. The molecule has 0 aliphatic heterocycles. The molecule has 1 rings (SSSR count). The summed E-state index contributed by atoms with van der Waals surface area (Å²) in [6.07, 6.45) is 3.67. The summed E-state index contributed by atoms with van der Waals surface area (Å²) in [4.78, 5) is 8.93. The molecule has 1 N–H and O–H groups in total. The largest absolute Gasteiger partial charge is 0.337 e. The summed E-state index contributed by atoms with van der Waals surface area (Å²) in [5, 5.41) is 0. The Bertz CT molecular complexity index is 221. The number of hydrogen-bond donors (Lipinski definition) is 1. The van der Waals surface area contributed by atoms with Crippen molar-refractivity contribution >= 4 is 0 Å². The van der Waals surface area contributed by atoms with E-state index in [-0.39, 0.29) is 6.04 Å². The zero-order chi connectivity index (χ0) is 8.27. The van der Waals surface area contributed by atoms with E-state index in [0.29, 0.717) is 0 Å². The van der Waals surface area contributed by atoms with E-state index in [1.54, 1.807) is 13.3 Å². The Hall–Kier alpha value is -0.870. The Kier molecular flexibility index (Phi) is 2.62. The average Bonchev–Trinajstić information content (AvgIpc) is 2.36. The highest BCUT2D eigenvalue weighted by Gasteiger charge is 2.07. The van der Waals surface area contributed by atoms with Gasteiger partial charge in [0.15, 0.2) is 0 Å². The Morgan fingerprint density at radius 3 is 2.91 bits per heavy atom. The van der Waals surface area contributed by atoms with Crippen molar-refractivity contribution in [2.24, 2.45) is 7.05 Å². The maximum Gasteiger partial charge on any atom is 0.127 e. The number of imidazole rings is 1. The van der Waals surface area contributed by atoms with Gasteiger partial charge < -0.3 is 9.40 Å². The van der Waals surface area contributed by atoms with Crippen molar-refractivity contribution in [3.63, 3.8) is 0 Å². The summed E-state index contributed by atoms with van der Waals surface area (Å²) in [5.74, 6) is 0.965. The molecule has 1 heterocycles. The van der Waals surface area contributed by atoms with Gasteiger partial charge >= 0.3 is 0 Å². The highest BCUT2D eigenvalue weighted by molar-refractivity contribution is 4.95. The molecule has 0 bridgehead atoms. The maximum atomic E-state index is 4.78. The number of nitrogens with one attached hydrogen (secondary N) is 1. The molecule has 0 saturated carbocycles. The van der Waals surface area contributed by atoms with Gasteiger partial charge in [0.25, 0.3) is 0 Å². The molecule has 0 fully saturated rings. The molecule has 1 aromatic rings. The van der Waals surface area contributed by atoms with Crippen LogP contribution in [0.5, 0.6) is 0 Å². The standard InChI is InChI=1S/C7H13N3O/c1-6(9-11-3)7-8-4-5-10(7)2/h4-6,9H,1-3H3. The second-order valence-corrected chi connectivity index (χ2v) is 2.44. The van der Waals surface area contributed by atoms with Gasteiger partial charge in [0.05, 0.1) is 13.2 Å². The Morgan fingerprint density at radius 2 is 2.45 bits per heavy atom. The lowest BCUT2D eigenvalue weighted by atomic mass is 10.3. The first-order chi connectivity index (χ1) is 5.25. The Morgan fingerprint density at radius 1 is 1.73 bits per heavy atom. The van der Waals surface area contributed by atoms with E-state index in [4.69, 9.17) is 4.84 Å². The number of hydroxylamine groups is 1. The van der Waals surface area contributed by atoms with E-state index in [1.807, 2.05) is 24.7 Å². The number of hydrogen-bond acceptors (Lipinski definition) is 3. The minimum Gasteiger partial charge on any atom is -0.337 e. The smallest absolute Gasteiger partial charge is 0.127 e. The van der Waals surface area contributed by atoms with Crippen LogP contribution in [0.4, 0.5) is 0 Å². The van der Waals surface area contributed by atoms with Crippen LogP contribution in [0.25, 0.3) is 0 Å². The molecule has 1 unspecified atom stereocenters. The summed E-state index contributed by atoms with van der Waals surface area (Å²) >= 11 is 0. The topological polar surface area (TPSA) is 39.1 Å². The van der Waals surface area contributed by atoms with Crippen molar-refractivity contribution in [1.29, 1.82) is 0 Å². The third kappa shape index (κ3) is 1.78. The van der Waals surface area contributed by atoms with Crippen molar-refractivity contribution < 1.29 is 4.84 Å². The summed E-state index contributed by atoms with van der Waals surface area (Å²) in [7, 11) is 3.55. The monoisotopic (exact) mass is 155 g/mol.